The number of unbranched alkanes of at least 4 members (excludes halogenated alkanes) is 1. The molecule has 0 atom stereocenters. The maximum absolute atomic E-state index is 11.9. The second-order valence-electron chi connectivity index (χ2n) is 5.99. The van der Waals surface area contributed by atoms with E-state index in [1.165, 1.54) is 0 Å². The predicted molar refractivity (Wildman–Crippen MR) is 89.9 cm³/mol. The van der Waals surface area contributed by atoms with Gasteiger partial charge < -0.3 is 15.2 Å². The highest BCUT2D eigenvalue weighted by Crippen LogP contribution is 2.14. The van der Waals surface area contributed by atoms with Crippen molar-refractivity contribution in [2.75, 3.05) is 32.8 Å². The number of hydrogen-bond acceptors (Lipinski definition) is 5. The third kappa shape index (κ3) is 7.12. The second-order valence-corrected chi connectivity index (χ2v) is 5.99. The van der Waals surface area contributed by atoms with Gasteiger partial charge in [-0.1, -0.05) is 30.3 Å². The highest BCUT2D eigenvalue weighted by Gasteiger charge is 2.21. The quantitative estimate of drug-likeness (QED) is 0.556. The molecule has 1 fully saturated rings. The number of benzene rings is 1. The van der Waals surface area contributed by atoms with Crippen LogP contribution >= 0.6 is 0 Å². The van der Waals surface area contributed by atoms with Crippen molar-refractivity contribution in [3.05, 3.63) is 35.9 Å². The van der Waals surface area contributed by atoms with Gasteiger partial charge in [0.2, 0.25) is 0 Å². The summed E-state index contributed by atoms with van der Waals surface area (Å²) in [5.41, 5.74) is 6.49. The number of carbonyl (C=O) groups excluding carboxylic acids is 1. The number of nitrogens with two attached hydrogens (primary N) is 1. The minimum absolute atomic E-state index is 0.156. The molecule has 0 unspecified atom stereocenters. The first kappa shape index (κ1) is 17.9. The monoisotopic (exact) mass is 320 g/mol. The van der Waals surface area contributed by atoms with Gasteiger partial charge >= 0.3 is 5.97 Å². The fourth-order valence-electron chi connectivity index (χ4n) is 2.70. The van der Waals surface area contributed by atoms with Crippen LogP contribution in [0.3, 0.4) is 0 Å². The minimum atomic E-state index is -0.156. The van der Waals surface area contributed by atoms with Crippen LogP contribution < -0.4 is 5.73 Å². The standard InChI is InChI=1S/C18H28N2O3/c19-10-4-5-13-22-17-8-11-20(12-9-17)14-18(21)23-15-16-6-2-1-3-7-16/h1-3,6-7,17H,4-5,8-15,19H2. The Morgan fingerprint density at radius 2 is 1.91 bits per heavy atom. The van der Waals surface area contributed by atoms with Gasteiger partial charge in [-0.15, -0.1) is 0 Å². The summed E-state index contributed by atoms with van der Waals surface area (Å²) in [6.45, 7) is 4.02. The molecule has 23 heavy (non-hydrogen) atoms. The number of likely N-dealkylation sites (tertiary alicyclic amines) is 1. The maximum atomic E-state index is 11.9. The second kappa shape index (κ2) is 10.4. The normalized spacial score (nSPS) is 16.4. The maximum Gasteiger partial charge on any atom is 0.320 e. The third-order valence-electron chi connectivity index (χ3n) is 4.08. The van der Waals surface area contributed by atoms with Gasteiger partial charge in [0.1, 0.15) is 6.61 Å². The molecule has 5 nitrogen and oxygen atoms in total. The zero-order chi connectivity index (χ0) is 16.3. The summed E-state index contributed by atoms with van der Waals surface area (Å²) in [7, 11) is 0. The lowest BCUT2D eigenvalue weighted by atomic mass is 10.1. The van der Waals surface area contributed by atoms with Crippen molar-refractivity contribution in [3.63, 3.8) is 0 Å². The zero-order valence-electron chi connectivity index (χ0n) is 13.8. The smallest absolute Gasteiger partial charge is 0.320 e. The van der Waals surface area contributed by atoms with Crippen LogP contribution in [0.5, 0.6) is 0 Å². The first-order valence-electron chi connectivity index (χ1n) is 8.51. The van der Waals surface area contributed by atoms with Crippen LogP contribution in [0.25, 0.3) is 0 Å². The molecule has 2 rings (SSSR count). The third-order valence-corrected chi connectivity index (χ3v) is 4.08. The molecule has 0 aromatic heterocycles. The van der Waals surface area contributed by atoms with Crippen LogP contribution in [-0.2, 0) is 20.9 Å². The van der Waals surface area contributed by atoms with E-state index in [4.69, 9.17) is 15.2 Å². The van der Waals surface area contributed by atoms with E-state index in [9.17, 15) is 4.79 Å². The van der Waals surface area contributed by atoms with Crippen molar-refractivity contribution in [1.82, 2.24) is 4.90 Å². The van der Waals surface area contributed by atoms with Gasteiger partial charge in [-0.05, 0) is 37.8 Å². The zero-order valence-corrected chi connectivity index (χ0v) is 13.8. The Balaban J connectivity index is 1.57. The number of carbonyl (C=O) groups is 1. The summed E-state index contributed by atoms with van der Waals surface area (Å²) in [6.07, 6.45) is 4.34. The first-order valence-corrected chi connectivity index (χ1v) is 8.51. The molecule has 0 amide bonds. The SMILES string of the molecule is NCCCCOC1CCN(CC(=O)OCc2ccccc2)CC1. The molecule has 0 saturated carbocycles. The summed E-state index contributed by atoms with van der Waals surface area (Å²) in [5, 5.41) is 0. The van der Waals surface area contributed by atoms with E-state index in [0.29, 0.717) is 19.3 Å². The van der Waals surface area contributed by atoms with Gasteiger partial charge in [-0.3, -0.25) is 9.69 Å². The topological polar surface area (TPSA) is 64.8 Å². The summed E-state index contributed by atoms with van der Waals surface area (Å²) in [4.78, 5) is 14.0. The molecule has 0 radical (unpaired) electrons. The Morgan fingerprint density at radius 3 is 2.61 bits per heavy atom. The van der Waals surface area contributed by atoms with Crippen molar-refractivity contribution in [2.45, 2.75) is 38.4 Å². The molecule has 1 saturated heterocycles. The lowest BCUT2D eigenvalue weighted by Crippen LogP contribution is -2.40. The van der Waals surface area contributed by atoms with Crippen molar-refractivity contribution >= 4 is 5.97 Å². The van der Waals surface area contributed by atoms with Gasteiger partial charge in [-0.25, -0.2) is 0 Å². The summed E-state index contributed by atoms with van der Waals surface area (Å²) in [5.74, 6) is -0.156. The van der Waals surface area contributed by atoms with Crippen molar-refractivity contribution in [3.8, 4) is 0 Å². The Bertz CT molecular complexity index is 445. The highest BCUT2D eigenvalue weighted by atomic mass is 16.5. The van der Waals surface area contributed by atoms with Gasteiger partial charge in [0.25, 0.3) is 0 Å². The minimum Gasteiger partial charge on any atom is -0.460 e. The number of esters is 1. The van der Waals surface area contributed by atoms with Crippen LogP contribution in [0.1, 0.15) is 31.2 Å². The summed E-state index contributed by atoms with van der Waals surface area (Å²) in [6, 6.07) is 9.76. The van der Waals surface area contributed by atoms with Gasteiger partial charge in [0.05, 0.1) is 12.6 Å². The largest absolute Gasteiger partial charge is 0.460 e. The molecule has 1 heterocycles. The van der Waals surface area contributed by atoms with Crippen LogP contribution in [0.2, 0.25) is 0 Å². The molecule has 1 aromatic carbocycles. The summed E-state index contributed by atoms with van der Waals surface area (Å²) >= 11 is 0. The number of piperidine rings is 1. The molecule has 2 N–H and O–H groups in total. The van der Waals surface area contributed by atoms with E-state index >= 15 is 0 Å². The number of nitrogens with zero attached hydrogens (tertiary/aromatic N) is 1. The van der Waals surface area contributed by atoms with E-state index in [1.54, 1.807) is 0 Å². The molecule has 5 heteroatoms. The Morgan fingerprint density at radius 1 is 1.17 bits per heavy atom. The molecular formula is C18H28N2O3. The van der Waals surface area contributed by atoms with Crippen LogP contribution in [-0.4, -0.2) is 49.8 Å². The molecule has 1 aliphatic rings. The van der Waals surface area contributed by atoms with E-state index < -0.39 is 0 Å². The average molecular weight is 320 g/mol. The van der Waals surface area contributed by atoms with Crippen LogP contribution in [0.15, 0.2) is 30.3 Å². The first-order chi connectivity index (χ1) is 11.3. The van der Waals surface area contributed by atoms with Gasteiger partial charge in [0.15, 0.2) is 0 Å². The Kier molecular flexibility index (Phi) is 8.07. The number of ether oxygens (including phenoxy) is 2. The highest BCUT2D eigenvalue weighted by molar-refractivity contribution is 5.71. The lowest BCUT2D eigenvalue weighted by molar-refractivity contribution is -0.147. The molecular weight excluding hydrogens is 292 g/mol. The number of hydrogen-bond donors (Lipinski definition) is 1. The van der Waals surface area contributed by atoms with Crippen LogP contribution in [0, 0.1) is 0 Å². The average Bonchev–Trinajstić information content (AvgIpc) is 2.59. The fourth-order valence-corrected chi connectivity index (χ4v) is 2.70. The van der Waals surface area contributed by atoms with E-state index in [-0.39, 0.29) is 5.97 Å². The molecule has 0 bridgehead atoms. The van der Waals surface area contributed by atoms with Crippen molar-refractivity contribution in [1.29, 1.82) is 0 Å². The summed E-state index contributed by atoms with van der Waals surface area (Å²) < 4.78 is 11.2. The molecule has 1 aliphatic heterocycles. The molecule has 0 spiro atoms. The van der Waals surface area contributed by atoms with E-state index in [0.717, 1.165) is 57.5 Å². The molecule has 1 aromatic rings. The molecule has 128 valence electrons. The van der Waals surface area contributed by atoms with E-state index in [1.807, 2.05) is 30.3 Å². The molecule has 0 aliphatic carbocycles. The van der Waals surface area contributed by atoms with Gasteiger partial charge in [-0.2, -0.15) is 0 Å². The Labute approximate surface area is 138 Å². The van der Waals surface area contributed by atoms with Crippen LogP contribution in [0.4, 0.5) is 0 Å². The predicted octanol–water partition coefficient (Wildman–Crippen LogP) is 1.95. The lowest BCUT2D eigenvalue weighted by Gasteiger charge is -2.31. The van der Waals surface area contributed by atoms with E-state index in [2.05, 4.69) is 4.90 Å². The van der Waals surface area contributed by atoms with Gasteiger partial charge in [0, 0.05) is 19.7 Å². The fraction of sp³-hybridized carbons (Fsp3) is 0.611. The van der Waals surface area contributed by atoms with Crippen molar-refractivity contribution in [2.24, 2.45) is 5.73 Å². The Hall–Kier alpha value is -1.43. The van der Waals surface area contributed by atoms with Crippen molar-refractivity contribution < 1.29 is 14.3 Å². The number of rotatable bonds is 9.